The number of aldehydes is 1. The van der Waals surface area contributed by atoms with E-state index < -0.39 is 45.9 Å². The molecule has 12 heteroatoms. The first-order chi connectivity index (χ1) is 15.4. The Balaban J connectivity index is 1.99. The average molecular weight is 494 g/mol. The van der Waals surface area contributed by atoms with Crippen molar-refractivity contribution in [1.29, 1.82) is 0 Å². The number of carbonyl (C=O) groups excluding carboxylic acids is 2. The fourth-order valence-electron chi connectivity index (χ4n) is 4.02. The highest BCUT2D eigenvalue weighted by molar-refractivity contribution is 7.10. The number of hydrogen-bond acceptors (Lipinski definition) is 5. The third-order valence-electron chi connectivity index (χ3n) is 5.45. The molecule has 0 radical (unpaired) electrons. The second kappa shape index (κ2) is 9.32. The quantitative estimate of drug-likeness (QED) is 0.387. The lowest BCUT2D eigenvalue weighted by Crippen LogP contribution is -2.62. The summed E-state index contributed by atoms with van der Waals surface area (Å²) in [6.07, 6.45) is -6.26. The van der Waals surface area contributed by atoms with Gasteiger partial charge in [-0.2, -0.15) is 26.3 Å². The van der Waals surface area contributed by atoms with E-state index in [1.807, 2.05) is 0 Å². The number of piperidine rings is 1. The van der Waals surface area contributed by atoms with Gasteiger partial charge in [-0.3, -0.25) is 14.6 Å². The van der Waals surface area contributed by atoms with Gasteiger partial charge < -0.3 is 9.64 Å². The van der Waals surface area contributed by atoms with Gasteiger partial charge >= 0.3 is 12.4 Å². The van der Waals surface area contributed by atoms with E-state index in [9.17, 15) is 35.9 Å². The van der Waals surface area contributed by atoms with Crippen molar-refractivity contribution >= 4 is 23.5 Å². The summed E-state index contributed by atoms with van der Waals surface area (Å²) in [5, 5.41) is 1.11. The second-order valence-electron chi connectivity index (χ2n) is 7.64. The summed E-state index contributed by atoms with van der Waals surface area (Å²) in [5.41, 5.74) is -3.52. The molecule has 0 aliphatic carbocycles. The predicted molar refractivity (Wildman–Crippen MR) is 107 cm³/mol. The van der Waals surface area contributed by atoms with Crippen LogP contribution in [-0.4, -0.2) is 40.3 Å². The second-order valence-corrected chi connectivity index (χ2v) is 8.56. The van der Waals surface area contributed by atoms with Crippen LogP contribution < -0.4 is 4.74 Å². The highest BCUT2D eigenvalue weighted by Crippen LogP contribution is 2.41. The molecule has 2 atom stereocenters. The summed E-state index contributed by atoms with van der Waals surface area (Å²) in [5.74, 6) is -1.16. The molecule has 0 unspecified atom stereocenters. The maximum absolute atomic E-state index is 13.5. The van der Waals surface area contributed by atoms with Gasteiger partial charge in [-0.1, -0.05) is 13.3 Å². The molecule has 1 aliphatic rings. The normalized spacial score (nSPS) is 21.7. The van der Waals surface area contributed by atoms with E-state index in [-0.39, 0.29) is 31.6 Å². The molecule has 180 valence electrons. The monoisotopic (exact) mass is 494 g/mol. The lowest BCUT2D eigenvalue weighted by atomic mass is 9.82. The Morgan fingerprint density at radius 2 is 2.03 bits per heavy atom. The zero-order valence-electron chi connectivity index (χ0n) is 17.4. The molecule has 0 saturated carbocycles. The smallest absolute Gasteiger partial charge is 0.425 e. The third-order valence-corrected chi connectivity index (χ3v) is 6.40. The van der Waals surface area contributed by atoms with Crippen LogP contribution in [0.15, 0.2) is 29.9 Å². The molecule has 2 aromatic heterocycles. The largest absolute Gasteiger partial charge is 0.477 e. The summed E-state index contributed by atoms with van der Waals surface area (Å²) in [4.78, 5) is 29.3. The van der Waals surface area contributed by atoms with Gasteiger partial charge in [0.05, 0.1) is 17.2 Å². The third kappa shape index (κ3) is 5.15. The molecule has 0 spiro atoms. The van der Waals surface area contributed by atoms with E-state index in [0.717, 1.165) is 28.7 Å². The molecule has 1 fully saturated rings. The summed E-state index contributed by atoms with van der Waals surface area (Å²) >= 11 is 0.398. The van der Waals surface area contributed by atoms with E-state index in [1.54, 1.807) is 6.92 Å². The minimum absolute atomic E-state index is 0.0616. The molecule has 2 aromatic rings. The molecule has 3 rings (SSSR count). The van der Waals surface area contributed by atoms with Gasteiger partial charge in [0.2, 0.25) is 0 Å². The van der Waals surface area contributed by atoms with Crippen molar-refractivity contribution in [3.05, 3.63) is 45.9 Å². The maximum atomic E-state index is 13.5. The number of ether oxygens (including phenoxy) is 1. The van der Waals surface area contributed by atoms with Crippen molar-refractivity contribution in [2.75, 3.05) is 6.54 Å². The van der Waals surface area contributed by atoms with Crippen LogP contribution in [0.1, 0.15) is 53.4 Å². The molecule has 0 aromatic carbocycles. The molecule has 0 bridgehead atoms. The van der Waals surface area contributed by atoms with Crippen LogP contribution in [0.2, 0.25) is 0 Å². The minimum Gasteiger partial charge on any atom is -0.477 e. The molecule has 3 heterocycles. The van der Waals surface area contributed by atoms with Crippen LogP contribution in [0, 0.1) is 0 Å². The summed E-state index contributed by atoms with van der Waals surface area (Å²) in [6.45, 7) is 1.82. The van der Waals surface area contributed by atoms with Crippen molar-refractivity contribution < 1.29 is 40.7 Å². The Kier molecular flexibility index (Phi) is 7.06. The number of amides is 1. The lowest BCUT2D eigenvalue weighted by molar-refractivity contribution is -0.139. The first-order valence-corrected chi connectivity index (χ1v) is 10.9. The lowest BCUT2D eigenvalue weighted by Gasteiger charge is -2.46. The number of carbonyl (C=O) groups is 2. The number of alkyl halides is 6. The number of hydrogen-bond donors (Lipinski definition) is 0. The first kappa shape index (κ1) is 25.0. The van der Waals surface area contributed by atoms with Crippen molar-refractivity contribution in [3.8, 4) is 5.75 Å². The molecular weight excluding hydrogens is 474 g/mol. The van der Waals surface area contributed by atoms with Gasteiger partial charge in [-0.05, 0) is 25.3 Å². The van der Waals surface area contributed by atoms with E-state index in [1.165, 1.54) is 0 Å². The van der Waals surface area contributed by atoms with Gasteiger partial charge in [-0.25, -0.2) is 0 Å². The standard InChI is InChI=1S/C21H20F6N2O3S/c1-2-4-16-19(12-30,32-13-9-17(33-11-13)21(25,26)27)6-3-8-29(16)18(31)14-10-28-7-5-15(14)20(22,23)24/h5,7,9-12,16H,2-4,6,8H2,1H3/t16-,19-/m1/s1. The van der Waals surface area contributed by atoms with Crippen LogP contribution >= 0.6 is 11.3 Å². The fraction of sp³-hybridized carbons (Fsp3) is 0.476. The topological polar surface area (TPSA) is 59.5 Å². The Hall–Kier alpha value is -2.63. The van der Waals surface area contributed by atoms with Crippen LogP contribution in [0.25, 0.3) is 0 Å². The molecule has 1 aliphatic heterocycles. The highest BCUT2D eigenvalue weighted by Gasteiger charge is 2.49. The maximum Gasteiger partial charge on any atom is 0.425 e. The van der Waals surface area contributed by atoms with Crippen molar-refractivity contribution in [2.24, 2.45) is 0 Å². The zero-order valence-corrected chi connectivity index (χ0v) is 18.2. The molecule has 5 nitrogen and oxygen atoms in total. The van der Waals surface area contributed by atoms with Crippen molar-refractivity contribution in [3.63, 3.8) is 0 Å². The Bertz CT molecular complexity index is 1010. The van der Waals surface area contributed by atoms with Crippen LogP contribution in [0.3, 0.4) is 0 Å². The number of aromatic nitrogens is 1. The number of thiophene rings is 1. The molecular formula is C21H20F6N2O3S. The Labute approximate surface area is 189 Å². The van der Waals surface area contributed by atoms with Gasteiger partial charge in [0.25, 0.3) is 5.91 Å². The number of nitrogens with zero attached hydrogens (tertiary/aromatic N) is 2. The molecule has 33 heavy (non-hydrogen) atoms. The average Bonchev–Trinajstić information content (AvgIpc) is 3.23. The van der Waals surface area contributed by atoms with Crippen molar-refractivity contribution in [2.45, 2.75) is 56.6 Å². The van der Waals surface area contributed by atoms with E-state index >= 15 is 0 Å². The SMILES string of the molecule is CCC[C@H]1N(C(=O)c2cnccc2C(F)(F)F)CCC[C@]1(C=O)Oc1csc(C(F)(F)F)c1. The number of halogens is 6. The fourth-order valence-corrected chi connectivity index (χ4v) is 4.69. The zero-order chi connectivity index (χ0) is 24.4. The van der Waals surface area contributed by atoms with Crippen molar-refractivity contribution in [1.82, 2.24) is 9.88 Å². The molecule has 1 saturated heterocycles. The predicted octanol–water partition coefficient (Wildman–Crippen LogP) is 5.60. The van der Waals surface area contributed by atoms with E-state index in [4.69, 9.17) is 4.74 Å². The van der Waals surface area contributed by atoms with Gasteiger partial charge in [-0.15, -0.1) is 11.3 Å². The van der Waals surface area contributed by atoms with E-state index in [0.29, 0.717) is 30.1 Å². The minimum atomic E-state index is -4.80. The first-order valence-electron chi connectivity index (χ1n) is 10.1. The summed E-state index contributed by atoms with van der Waals surface area (Å²) < 4.78 is 85.1. The van der Waals surface area contributed by atoms with E-state index in [2.05, 4.69) is 4.98 Å². The number of likely N-dealkylation sites (tertiary alicyclic amines) is 1. The van der Waals surface area contributed by atoms with Crippen LogP contribution in [0.5, 0.6) is 5.75 Å². The van der Waals surface area contributed by atoms with Crippen LogP contribution in [-0.2, 0) is 17.1 Å². The number of pyridine rings is 1. The van der Waals surface area contributed by atoms with Gasteiger partial charge in [0, 0.05) is 30.4 Å². The van der Waals surface area contributed by atoms with Gasteiger partial charge in [0.15, 0.2) is 11.9 Å². The van der Waals surface area contributed by atoms with Gasteiger partial charge in [0.1, 0.15) is 10.6 Å². The highest BCUT2D eigenvalue weighted by atomic mass is 32.1. The number of rotatable bonds is 6. The molecule has 0 N–H and O–H groups in total. The van der Waals surface area contributed by atoms with Crippen LogP contribution in [0.4, 0.5) is 26.3 Å². The summed E-state index contributed by atoms with van der Waals surface area (Å²) in [7, 11) is 0. The Morgan fingerprint density at radius 3 is 2.61 bits per heavy atom. The molecule has 1 amide bonds. The Morgan fingerprint density at radius 1 is 1.30 bits per heavy atom. The summed E-state index contributed by atoms with van der Waals surface area (Å²) in [6, 6.07) is 0.485.